The fraction of sp³-hybridized carbons (Fsp3) is 0.929. The third kappa shape index (κ3) is 3.24. The number of primary sulfonamides is 1. The summed E-state index contributed by atoms with van der Waals surface area (Å²) in [5.74, 6) is -0.0994. The van der Waals surface area contributed by atoms with Gasteiger partial charge in [-0.3, -0.25) is 4.79 Å². The van der Waals surface area contributed by atoms with Crippen LogP contribution in [0, 0.1) is 5.92 Å². The van der Waals surface area contributed by atoms with Gasteiger partial charge in [0, 0.05) is 37.0 Å². The number of hydrogen-bond acceptors (Lipinski definition) is 4. The van der Waals surface area contributed by atoms with Crippen LogP contribution >= 0.6 is 0 Å². The van der Waals surface area contributed by atoms with Crippen LogP contribution in [0.25, 0.3) is 0 Å². The van der Waals surface area contributed by atoms with E-state index in [9.17, 15) is 13.2 Å². The molecular formula is C14H25N3O3S. The maximum Gasteiger partial charge on any atom is 0.223 e. The normalized spacial score (nSPS) is 38.0. The van der Waals surface area contributed by atoms with Crippen molar-refractivity contribution < 1.29 is 13.2 Å². The Balaban J connectivity index is 1.66. The van der Waals surface area contributed by atoms with E-state index in [1.807, 2.05) is 4.90 Å². The molecule has 2 bridgehead atoms. The summed E-state index contributed by atoms with van der Waals surface area (Å²) in [5, 5.41) is 5.11. The molecule has 3 aliphatic rings. The lowest BCUT2D eigenvalue weighted by atomic mass is 9.82. The average Bonchev–Trinajstić information content (AvgIpc) is 2.67. The number of sulfonamides is 1. The van der Waals surface area contributed by atoms with Crippen molar-refractivity contribution >= 4 is 15.9 Å². The molecule has 2 unspecified atom stereocenters. The van der Waals surface area contributed by atoms with Crippen LogP contribution in [-0.2, 0) is 14.8 Å². The van der Waals surface area contributed by atoms with Crippen LogP contribution in [0.1, 0.15) is 38.5 Å². The van der Waals surface area contributed by atoms with Crippen LogP contribution in [0.3, 0.4) is 0 Å². The number of rotatable bonds is 3. The van der Waals surface area contributed by atoms with Gasteiger partial charge in [-0.15, -0.1) is 0 Å². The first-order valence-corrected chi connectivity index (χ1v) is 9.57. The molecule has 0 aromatic carbocycles. The topological polar surface area (TPSA) is 83.7 Å². The van der Waals surface area contributed by atoms with E-state index in [1.165, 1.54) is 19.3 Å². The average molecular weight is 315 g/mol. The van der Waals surface area contributed by atoms with E-state index < -0.39 is 10.0 Å². The number of likely N-dealkylation sites (tertiary alicyclic amines) is 1. The maximum atomic E-state index is 12.2. The predicted octanol–water partition coefficient (Wildman–Crippen LogP) is 0.139. The summed E-state index contributed by atoms with van der Waals surface area (Å²) in [4.78, 5) is 16.7. The minimum absolute atomic E-state index is 0.0747. The molecule has 6 nitrogen and oxygen atoms in total. The van der Waals surface area contributed by atoms with Gasteiger partial charge >= 0.3 is 0 Å². The Morgan fingerprint density at radius 3 is 2.38 bits per heavy atom. The lowest BCUT2D eigenvalue weighted by Crippen LogP contribution is -2.55. The molecule has 0 aliphatic carbocycles. The van der Waals surface area contributed by atoms with Crippen LogP contribution in [0.4, 0.5) is 0 Å². The highest BCUT2D eigenvalue weighted by molar-refractivity contribution is 7.89. The van der Waals surface area contributed by atoms with E-state index in [2.05, 4.69) is 11.9 Å². The van der Waals surface area contributed by atoms with Crippen LogP contribution in [0.5, 0.6) is 0 Å². The van der Waals surface area contributed by atoms with Crippen molar-refractivity contribution in [3.63, 3.8) is 0 Å². The molecule has 7 heteroatoms. The molecule has 120 valence electrons. The van der Waals surface area contributed by atoms with E-state index in [0.717, 1.165) is 12.8 Å². The van der Waals surface area contributed by atoms with E-state index in [4.69, 9.17) is 5.14 Å². The van der Waals surface area contributed by atoms with Gasteiger partial charge in [-0.1, -0.05) is 6.42 Å². The second-order valence-corrected chi connectivity index (χ2v) is 8.63. The van der Waals surface area contributed by atoms with Gasteiger partial charge in [0.2, 0.25) is 15.9 Å². The summed E-state index contributed by atoms with van der Waals surface area (Å²) in [6, 6.07) is 1.44. The van der Waals surface area contributed by atoms with Crippen molar-refractivity contribution in [2.24, 2.45) is 11.1 Å². The molecule has 3 rings (SSSR count). The first-order valence-electron chi connectivity index (χ1n) is 7.85. The van der Waals surface area contributed by atoms with Crippen molar-refractivity contribution in [3.05, 3.63) is 0 Å². The second-order valence-electron chi connectivity index (χ2n) is 6.98. The maximum absolute atomic E-state index is 12.2. The summed E-state index contributed by atoms with van der Waals surface area (Å²) in [7, 11) is -1.30. The Bertz CT molecular complexity index is 508. The van der Waals surface area contributed by atoms with Crippen LogP contribution in [-0.4, -0.2) is 61.6 Å². The standard InChI is InChI=1S/C14H25N3O3S/c1-16-11-3-2-4-12(16)7-13(6-11)17-8-10(5-14(17)18)9-21(15,19)20/h10-13H,2-9H2,1H3,(H2,15,19,20)/t10?,11-,12+,13?. The lowest BCUT2D eigenvalue weighted by molar-refractivity contribution is -0.131. The summed E-state index contributed by atoms with van der Waals surface area (Å²) >= 11 is 0. The van der Waals surface area contributed by atoms with E-state index >= 15 is 0 Å². The molecular weight excluding hydrogens is 290 g/mol. The largest absolute Gasteiger partial charge is 0.339 e. The summed E-state index contributed by atoms with van der Waals surface area (Å²) in [6.45, 7) is 0.559. The molecule has 21 heavy (non-hydrogen) atoms. The van der Waals surface area contributed by atoms with Crippen molar-refractivity contribution in [1.29, 1.82) is 0 Å². The molecule has 3 heterocycles. The number of nitrogens with zero attached hydrogens (tertiary/aromatic N) is 2. The van der Waals surface area contributed by atoms with Gasteiger partial charge in [0.15, 0.2) is 0 Å². The smallest absolute Gasteiger partial charge is 0.223 e. The Kier molecular flexibility index (Phi) is 4.00. The van der Waals surface area contributed by atoms with Gasteiger partial charge in [-0.2, -0.15) is 0 Å². The van der Waals surface area contributed by atoms with Crippen molar-refractivity contribution in [1.82, 2.24) is 9.80 Å². The molecule has 1 amide bonds. The molecule has 0 spiro atoms. The molecule has 4 atom stereocenters. The van der Waals surface area contributed by atoms with Gasteiger partial charge in [-0.05, 0) is 32.7 Å². The second kappa shape index (κ2) is 5.52. The Hall–Kier alpha value is -0.660. The molecule has 3 aliphatic heterocycles. The van der Waals surface area contributed by atoms with Gasteiger partial charge in [0.1, 0.15) is 0 Å². The Morgan fingerprint density at radius 2 is 1.81 bits per heavy atom. The zero-order chi connectivity index (χ0) is 15.2. The number of amides is 1. The highest BCUT2D eigenvalue weighted by atomic mass is 32.2. The quantitative estimate of drug-likeness (QED) is 0.803. The van der Waals surface area contributed by atoms with Gasteiger partial charge < -0.3 is 9.80 Å². The molecule has 0 aromatic rings. The van der Waals surface area contributed by atoms with Crippen molar-refractivity contribution in [2.45, 2.75) is 56.7 Å². The van der Waals surface area contributed by atoms with E-state index in [0.29, 0.717) is 25.0 Å². The van der Waals surface area contributed by atoms with Crippen LogP contribution in [0.2, 0.25) is 0 Å². The van der Waals surface area contributed by atoms with E-state index in [-0.39, 0.29) is 23.6 Å². The first kappa shape index (κ1) is 15.2. The van der Waals surface area contributed by atoms with Crippen molar-refractivity contribution in [3.8, 4) is 0 Å². The highest BCUT2D eigenvalue weighted by Gasteiger charge is 2.42. The minimum Gasteiger partial charge on any atom is -0.339 e. The fourth-order valence-corrected chi connectivity index (χ4v) is 5.32. The monoisotopic (exact) mass is 315 g/mol. The number of hydrogen-bond donors (Lipinski definition) is 1. The SMILES string of the molecule is CN1[C@@H]2CCC[C@H]1CC(N1CC(CS(N)(=O)=O)CC1=O)C2. The minimum atomic E-state index is -3.50. The van der Waals surface area contributed by atoms with Crippen LogP contribution < -0.4 is 5.14 Å². The van der Waals surface area contributed by atoms with E-state index in [1.54, 1.807) is 0 Å². The molecule has 0 radical (unpaired) electrons. The summed E-state index contributed by atoms with van der Waals surface area (Å²) < 4.78 is 22.4. The molecule has 0 aromatic heterocycles. The third-order valence-electron chi connectivity index (χ3n) is 5.46. The Labute approximate surface area is 126 Å². The number of piperidine rings is 2. The molecule has 0 saturated carbocycles. The van der Waals surface area contributed by atoms with Crippen molar-refractivity contribution in [2.75, 3.05) is 19.3 Å². The number of carbonyl (C=O) groups is 1. The zero-order valence-electron chi connectivity index (χ0n) is 12.6. The number of fused-ring (bicyclic) bond motifs is 2. The Morgan fingerprint density at radius 1 is 1.19 bits per heavy atom. The number of carbonyl (C=O) groups excluding carboxylic acids is 1. The van der Waals surface area contributed by atoms with Crippen LogP contribution in [0.15, 0.2) is 0 Å². The lowest BCUT2D eigenvalue weighted by Gasteiger charge is -2.49. The molecule has 2 N–H and O–H groups in total. The summed E-state index contributed by atoms with van der Waals surface area (Å²) in [6.07, 6.45) is 6.10. The van der Waals surface area contributed by atoms with Gasteiger partial charge in [-0.25, -0.2) is 13.6 Å². The summed E-state index contributed by atoms with van der Waals surface area (Å²) in [5.41, 5.74) is 0. The first-order chi connectivity index (χ1) is 9.83. The molecule has 3 fully saturated rings. The third-order valence-corrected chi connectivity index (χ3v) is 6.40. The highest BCUT2D eigenvalue weighted by Crippen LogP contribution is 2.36. The van der Waals surface area contributed by atoms with Gasteiger partial charge in [0.25, 0.3) is 0 Å². The predicted molar refractivity (Wildman–Crippen MR) is 80.0 cm³/mol. The molecule has 3 saturated heterocycles. The van der Waals surface area contributed by atoms with Gasteiger partial charge in [0.05, 0.1) is 5.75 Å². The number of nitrogens with two attached hydrogens (primary N) is 1. The zero-order valence-corrected chi connectivity index (χ0v) is 13.4. The fourth-order valence-electron chi connectivity index (χ4n) is 4.44.